The van der Waals surface area contributed by atoms with Crippen LogP contribution in [0.15, 0.2) is 18.2 Å². The molecule has 0 aromatic heterocycles. The molecule has 1 aromatic rings. The Labute approximate surface area is 130 Å². The number of nitrogens with zero attached hydrogens (tertiary/aromatic N) is 3. The van der Waals surface area contributed by atoms with E-state index in [4.69, 9.17) is 0 Å². The fourth-order valence-corrected chi connectivity index (χ4v) is 2.65. The highest BCUT2D eigenvalue weighted by molar-refractivity contribution is 5.95. The Morgan fingerprint density at radius 2 is 1.91 bits per heavy atom. The van der Waals surface area contributed by atoms with Crippen molar-refractivity contribution in [1.29, 1.82) is 0 Å². The molecule has 7 nitrogen and oxygen atoms in total. The number of carbonyl (C=O) groups is 1. The van der Waals surface area contributed by atoms with Gasteiger partial charge in [0.05, 0.1) is 4.92 Å². The van der Waals surface area contributed by atoms with E-state index in [1.54, 1.807) is 24.1 Å². The maximum atomic E-state index is 12.5. The minimum absolute atomic E-state index is 0.0748. The minimum atomic E-state index is -0.473. The molecule has 1 aliphatic rings. The van der Waals surface area contributed by atoms with E-state index >= 15 is 0 Å². The summed E-state index contributed by atoms with van der Waals surface area (Å²) < 4.78 is 0. The fraction of sp³-hybridized carbons (Fsp3) is 0.533. The summed E-state index contributed by atoms with van der Waals surface area (Å²) in [6, 6.07) is 5.03. The molecule has 1 fully saturated rings. The number of rotatable bonds is 4. The third-order valence-electron chi connectivity index (χ3n) is 4.04. The number of carbonyl (C=O) groups excluding carboxylic acids is 1. The second-order valence-corrected chi connectivity index (χ2v) is 5.66. The van der Waals surface area contributed by atoms with Crippen molar-refractivity contribution in [2.75, 3.05) is 38.5 Å². The Balaban J connectivity index is 2.13. The number of hydrogen-bond acceptors (Lipinski definition) is 5. The van der Waals surface area contributed by atoms with Crippen LogP contribution in [-0.2, 0) is 0 Å². The summed E-state index contributed by atoms with van der Waals surface area (Å²) in [5.41, 5.74) is 0.698. The SMILES string of the molecule is CNc1ccc(C(=O)N2CCN(C(C)C)CC2)cc1[N+](=O)[O-]. The molecule has 0 atom stereocenters. The predicted octanol–water partition coefficient (Wildman–Crippen LogP) is 1.80. The molecule has 1 amide bonds. The number of amides is 1. The highest BCUT2D eigenvalue weighted by Crippen LogP contribution is 2.25. The second-order valence-electron chi connectivity index (χ2n) is 5.66. The molecule has 1 N–H and O–H groups in total. The molecule has 120 valence electrons. The summed E-state index contributed by atoms with van der Waals surface area (Å²) >= 11 is 0. The van der Waals surface area contributed by atoms with E-state index in [1.807, 2.05) is 0 Å². The topological polar surface area (TPSA) is 78.7 Å². The number of nitrogens with one attached hydrogen (secondary N) is 1. The Morgan fingerprint density at radius 3 is 2.41 bits per heavy atom. The van der Waals surface area contributed by atoms with Gasteiger partial charge in [0.1, 0.15) is 5.69 Å². The maximum Gasteiger partial charge on any atom is 0.293 e. The number of piperazine rings is 1. The highest BCUT2D eigenvalue weighted by Gasteiger charge is 2.25. The molecular formula is C15H22N4O3. The van der Waals surface area contributed by atoms with Crippen molar-refractivity contribution in [2.24, 2.45) is 0 Å². The zero-order chi connectivity index (χ0) is 16.3. The van der Waals surface area contributed by atoms with E-state index in [9.17, 15) is 14.9 Å². The zero-order valence-corrected chi connectivity index (χ0v) is 13.2. The lowest BCUT2D eigenvalue weighted by atomic mass is 10.1. The first-order chi connectivity index (χ1) is 10.4. The predicted molar refractivity (Wildman–Crippen MR) is 85.3 cm³/mol. The van der Waals surface area contributed by atoms with Crippen LogP contribution in [0.4, 0.5) is 11.4 Å². The summed E-state index contributed by atoms with van der Waals surface area (Å²) in [6.45, 7) is 7.24. The molecule has 22 heavy (non-hydrogen) atoms. The van der Waals surface area contributed by atoms with E-state index in [0.29, 0.717) is 30.4 Å². The molecule has 0 unspecified atom stereocenters. The largest absolute Gasteiger partial charge is 0.383 e. The van der Waals surface area contributed by atoms with Crippen molar-refractivity contribution in [2.45, 2.75) is 19.9 Å². The van der Waals surface area contributed by atoms with Gasteiger partial charge in [0.2, 0.25) is 0 Å². The third kappa shape index (κ3) is 3.36. The molecule has 0 aliphatic carbocycles. The summed E-state index contributed by atoms with van der Waals surface area (Å²) in [6.07, 6.45) is 0. The van der Waals surface area contributed by atoms with Crippen molar-refractivity contribution < 1.29 is 9.72 Å². The van der Waals surface area contributed by atoms with Crippen LogP contribution in [0.2, 0.25) is 0 Å². The van der Waals surface area contributed by atoms with Crippen molar-refractivity contribution in [3.05, 3.63) is 33.9 Å². The molecule has 0 saturated carbocycles. The zero-order valence-electron chi connectivity index (χ0n) is 13.2. The van der Waals surface area contributed by atoms with E-state index in [1.165, 1.54) is 6.07 Å². The van der Waals surface area contributed by atoms with Gasteiger partial charge >= 0.3 is 0 Å². The summed E-state index contributed by atoms with van der Waals surface area (Å²) in [5, 5.41) is 13.9. The normalized spacial score (nSPS) is 15.9. The van der Waals surface area contributed by atoms with E-state index < -0.39 is 4.92 Å². The third-order valence-corrected chi connectivity index (χ3v) is 4.04. The maximum absolute atomic E-state index is 12.5. The number of hydrogen-bond donors (Lipinski definition) is 1. The van der Waals surface area contributed by atoms with Crippen LogP contribution in [-0.4, -0.2) is 59.9 Å². The summed E-state index contributed by atoms with van der Waals surface area (Å²) in [5.74, 6) is -0.144. The van der Waals surface area contributed by atoms with Gasteiger partial charge in [0, 0.05) is 50.9 Å². The number of nitro benzene ring substituents is 1. The number of anilines is 1. The highest BCUT2D eigenvalue weighted by atomic mass is 16.6. The van der Waals surface area contributed by atoms with Gasteiger partial charge in [0.25, 0.3) is 11.6 Å². The fourth-order valence-electron chi connectivity index (χ4n) is 2.65. The average molecular weight is 306 g/mol. The molecule has 1 aromatic carbocycles. The van der Waals surface area contributed by atoms with Crippen LogP contribution < -0.4 is 5.32 Å². The first-order valence-electron chi connectivity index (χ1n) is 7.43. The van der Waals surface area contributed by atoms with Crippen LogP contribution in [0.25, 0.3) is 0 Å². The van der Waals surface area contributed by atoms with E-state index in [0.717, 1.165) is 13.1 Å². The van der Waals surface area contributed by atoms with Crippen LogP contribution in [0.3, 0.4) is 0 Å². The lowest BCUT2D eigenvalue weighted by molar-refractivity contribution is -0.384. The average Bonchev–Trinajstić information content (AvgIpc) is 2.53. The molecule has 1 heterocycles. The van der Waals surface area contributed by atoms with Crippen molar-refractivity contribution in [3.8, 4) is 0 Å². The lowest BCUT2D eigenvalue weighted by Gasteiger charge is -2.36. The quantitative estimate of drug-likeness (QED) is 0.678. The molecule has 1 aliphatic heterocycles. The monoisotopic (exact) mass is 306 g/mol. The van der Waals surface area contributed by atoms with Gasteiger partial charge in [-0.25, -0.2) is 0 Å². The number of benzene rings is 1. The van der Waals surface area contributed by atoms with Crippen LogP contribution in [0.5, 0.6) is 0 Å². The Bertz CT molecular complexity index is 566. The summed E-state index contributed by atoms with van der Waals surface area (Å²) in [7, 11) is 1.62. The molecule has 0 bridgehead atoms. The Kier molecular flexibility index (Phi) is 4.97. The van der Waals surface area contributed by atoms with Gasteiger partial charge in [-0.15, -0.1) is 0 Å². The second kappa shape index (κ2) is 6.74. The molecule has 1 saturated heterocycles. The van der Waals surface area contributed by atoms with Crippen molar-refractivity contribution in [1.82, 2.24) is 9.80 Å². The molecule has 2 rings (SSSR count). The Morgan fingerprint density at radius 1 is 1.27 bits per heavy atom. The summed E-state index contributed by atoms with van der Waals surface area (Å²) in [4.78, 5) is 27.2. The van der Waals surface area contributed by atoms with Crippen LogP contribution in [0, 0.1) is 10.1 Å². The van der Waals surface area contributed by atoms with Crippen molar-refractivity contribution >= 4 is 17.3 Å². The van der Waals surface area contributed by atoms with Gasteiger partial charge in [-0.05, 0) is 26.0 Å². The van der Waals surface area contributed by atoms with Gasteiger partial charge in [0.15, 0.2) is 0 Å². The molecule has 0 spiro atoms. The van der Waals surface area contributed by atoms with Gasteiger partial charge in [-0.1, -0.05) is 0 Å². The molecule has 0 radical (unpaired) electrons. The van der Waals surface area contributed by atoms with E-state index in [2.05, 4.69) is 24.1 Å². The Hall–Kier alpha value is -2.15. The first kappa shape index (κ1) is 16.2. The minimum Gasteiger partial charge on any atom is -0.383 e. The van der Waals surface area contributed by atoms with Crippen LogP contribution >= 0.6 is 0 Å². The molecule has 7 heteroatoms. The first-order valence-corrected chi connectivity index (χ1v) is 7.43. The number of nitro groups is 1. The van der Waals surface area contributed by atoms with Gasteiger partial charge < -0.3 is 10.2 Å². The van der Waals surface area contributed by atoms with Crippen molar-refractivity contribution in [3.63, 3.8) is 0 Å². The molecular weight excluding hydrogens is 284 g/mol. The standard InChI is InChI=1S/C15H22N4O3/c1-11(2)17-6-8-18(9-7-17)15(20)12-4-5-13(16-3)14(10-12)19(21)22/h4-5,10-11,16H,6-9H2,1-3H3. The van der Waals surface area contributed by atoms with Crippen LogP contribution in [0.1, 0.15) is 24.2 Å². The van der Waals surface area contributed by atoms with E-state index in [-0.39, 0.29) is 11.6 Å². The lowest BCUT2D eigenvalue weighted by Crippen LogP contribution is -2.50. The van der Waals surface area contributed by atoms with Gasteiger partial charge in [-0.2, -0.15) is 0 Å². The van der Waals surface area contributed by atoms with Gasteiger partial charge in [-0.3, -0.25) is 19.8 Å². The smallest absolute Gasteiger partial charge is 0.293 e.